The fourth-order valence-corrected chi connectivity index (χ4v) is 13.4. The molecule has 12 aromatic carbocycles. The van der Waals surface area contributed by atoms with Crippen LogP contribution in [0.1, 0.15) is 148 Å². The molecule has 12 nitrogen and oxygen atoms in total. The molecular weight excluding hydrogens is 1570 g/mol. The predicted molar refractivity (Wildman–Crippen MR) is 470 cm³/mol. The van der Waals surface area contributed by atoms with Crippen LogP contribution >= 0.6 is 27.5 Å². The summed E-state index contributed by atoms with van der Waals surface area (Å²) in [4.78, 5) is 0. The fourth-order valence-electron chi connectivity index (χ4n) is 12.7. The van der Waals surface area contributed by atoms with Gasteiger partial charge in [-0.1, -0.05) is 95.1 Å². The lowest BCUT2D eigenvalue weighted by atomic mass is 10.0. The van der Waals surface area contributed by atoms with Gasteiger partial charge in [0.15, 0.2) is 0 Å². The number of nitrogen functional groups attached to an aromatic ring is 6. The first-order valence-electron chi connectivity index (χ1n) is 38.4. The van der Waals surface area contributed by atoms with Crippen molar-refractivity contribution >= 4 is 61.7 Å². The molecular formula is C97H106BrClF6N6O6. The summed E-state index contributed by atoms with van der Waals surface area (Å²) in [5, 5.41) is 0.547. The number of anilines is 6. The molecule has 0 heterocycles. The number of aryl methyl sites for hydroxylation is 15. The monoisotopic (exact) mass is 1680 g/mol. The van der Waals surface area contributed by atoms with Crippen LogP contribution in [-0.4, -0.2) is 0 Å². The molecule has 0 spiro atoms. The number of hydrogen-bond acceptors (Lipinski definition) is 12. The van der Waals surface area contributed by atoms with E-state index < -0.39 is 0 Å². The van der Waals surface area contributed by atoms with Crippen molar-refractivity contribution in [2.24, 2.45) is 0 Å². The number of ether oxygens (including phenoxy) is 6. The summed E-state index contributed by atoms with van der Waals surface area (Å²) in [5.41, 5.74) is 59.1. The lowest BCUT2D eigenvalue weighted by Crippen LogP contribution is -2.05. The summed E-state index contributed by atoms with van der Waals surface area (Å²) >= 11 is 9.49. The van der Waals surface area contributed by atoms with Crippen molar-refractivity contribution in [2.45, 2.75) is 169 Å². The average molecular weight is 1680 g/mol. The van der Waals surface area contributed by atoms with Crippen LogP contribution in [-0.2, 0) is 46.1 Å². The Balaban J connectivity index is 0.000000175. The highest BCUT2D eigenvalue weighted by molar-refractivity contribution is 9.10. The highest BCUT2D eigenvalue weighted by Gasteiger charge is 2.27. The zero-order valence-corrected chi connectivity index (χ0v) is 71.5. The smallest absolute Gasteiger partial charge is 0.129 e. The van der Waals surface area contributed by atoms with Crippen LogP contribution in [0, 0.1) is 132 Å². The first kappa shape index (κ1) is 91.1. The third-order valence-corrected chi connectivity index (χ3v) is 21.2. The van der Waals surface area contributed by atoms with Crippen molar-refractivity contribution in [2.75, 3.05) is 34.4 Å². The molecule has 0 aromatic heterocycles. The van der Waals surface area contributed by atoms with Gasteiger partial charge in [0.2, 0.25) is 0 Å². The molecule has 0 bridgehead atoms. The van der Waals surface area contributed by atoms with Crippen LogP contribution in [0.3, 0.4) is 0 Å². The summed E-state index contributed by atoms with van der Waals surface area (Å²) in [5.74, 6) is 2.40. The van der Waals surface area contributed by atoms with Gasteiger partial charge < -0.3 is 62.8 Å². The van der Waals surface area contributed by atoms with E-state index in [1.54, 1.807) is 96.1 Å². The Kier molecular flexibility index (Phi) is 33.1. The Bertz CT molecular complexity index is 4950. The number of hydrogen-bond donors (Lipinski definition) is 6. The largest absolute Gasteiger partial charge is 0.488 e. The van der Waals surface area contributed by atoms with Gasteiger partial charge >= 0.3 is 0 Å². The minimum absolute atomic E-state index is 0.217. The molecule has 1 fully saturated rings. The second-order valence-electron chi connectivity index (χ2n) is 29.4. The molecule has 13 rings (SSSR count). The van der Waals surface area contributed by atoms with E-state index in [-0.39, 0.29) is 41.5 Å². The van der Waals surface area contributed by atoms with Crippen molar-refractivity contribution < 1.29 is 54.8 Å². The minimum atomic E-state index is -0.285. The zero-order chi connectivity index (χ0) is 85.6. The van der Waals surface area contributed by atoms with E-state index in [1.165, 1.54) is 54.8 Å². The van der Waals surface area contributed by atoms with Crippen LogP contribution in [0.2, 0.25) is 5.02 Å². The molecule has 0 aliphatic heterocycles. The lowest BCUT2D eigenvalue weighted by molar-refractivity contribution is 0.301. The topological polar surface area (TPSA) is 212 Å². The number of benzene rings is 12. The van der Waals surface area contributed by atoms with Gasteiger partial charge in [-0.2, -0.15) is 0 Å². The summed E-state index contributed by atoms with van der Waals surface area (Å²) in [6, 6.07) is 53.4. The molecule has 12 N–H and O–H groups in total. The van der Waals surface area contributed by atoms with Gasteiger partial charge in [0.25, 0.3) is 0 Å². The third kappa shape index (κ3) is 25.5. The highest BCUT2D eigenvalue weighted by atomic mass is 79.9. The molecule has 0 unspecified atom stereocenters. The summed E-state index contributed by atoms with van der Waals surface area (Å²) < 4.78 is 117. The van der Waals surface area contributed by atoms with Crippen molar-refractivity contribution in [3.05, 3.63) is 349 Å². The van der Waals surface area contributed by atoms with E-state index in [0.717, 1.165) is 100 Å². The van der Waals surface area contributed by atoms with Crippen molar-refractivity contribution in [1.29, 1.82) is 0 Å². The molecule has 1 saturated carbocycles. The minimum Gasteiger partial charge on any atom is -0.488 e. The van der Waals surface area contributed by atoms with Crippen LogP contribution in [0.25, 0.3) is 0 Å². The lowest BCUT2D eigenvalue weighted by Gasteiger charge is -2.15. The predicted octanol–water partition coefficient (Wildman–Crippen LogP) is 25.1. The van der Waals surface area contributed by atoms with E-state index in [2.05, 4.69) is 28.9 Å². The van der Waals surface area contributed by atoms with Gasteiger partial charge in [-0.15, -0.1) is 0 Å². The first-order chi connectivity index (χ1) is 55.5. The maximum atomic E-state index is 13.7. The van der Waals surface area contributed by atoms with Crippen molar-refractivity contribution in [3.63, 3.8) is 0 Å². The first-order valence-corrected chi connectivity index (χ1v) is 39.6. The molecule has 0 atom stereocenters. The van der Waals surface area contributed by atoms with Gasteiger partial charge in [0, 0.05) is 113 Å². The molecule has 1 aliphatic carbocycles. The number of rotatable bonds is 20. The molecule has 616 valence electrons. The molecule has 0 amide bonds. The maximum absolute atomic E-state index is 13.7. The maximum Gasteiger partial charge on any atom is 0.129 e. The van der Waals surface area contributed by atoms with Crippen LogP contribution < -0.4 is 62.8 Å². The molecule has 117 heavy (non-hydrogen) atoms. The van der Waals surface area contributed by atoms with Gasteiger partial charge in [-0.25, -0.2) is 26.3 Å². The quantitative estimate of drug-likeness (QED) is 0.0311. The fraction of sp³-hybridized carbons (Fsp3) is 0.258. The Morgan fingerprint density at radius 3 is 0.846 bits per heavy atom. The summed E-state index contributed by atoms with van der Waals surface area (Å²) in [6.45, 7) is 29.9. The second kappa shape index (κ2) is 42.5. The Labute approximate surface area is 698 Å². The highest BCUT2D eigenvalue weighted by Crippen LogP contribution is 2.43. The normalized spacial score (nSPS) is 11.2. The standard InChI is InChI=1S/C18H20FNO.C17H20FNO.2C16H18FNO.C15H15BrFNO.C15H15ClFNO/c1-11-8-12(2)18(9-16(11)19)21-10-15-14(13-6-7-13)4-3-5-17(15)20;1-4-13-6-5-7-16(19)14(13)10-20-17-9-15(18)11(2)8-12(17)3;2*1-10-5-4-6-15(18)13(10)9-19-16-8-14(17)11(2)7-12(16)3;2*1-9-6-10(2)15(7-13(9)17)19-8-11-12(16)4-3-5-14(11)18/h3-5,8-9,13H,6-7,10,20H2,1-2H3;5-9H,4,10,19H2,1-3H3;2*4-8H,9,18H2,1-3H3;2*3-7H,8,18H2,1-2H3. The Morgan fingerprint density at radius 2 is 0.538 bits per heavy atom. The van der Waals surface area contributed by atoms with Crippen LogP contribution in [0.15, 0.2) is 186 Å². The summed E-state index contributed by atoms with van der Waals surface area (Å²) in [7, 11) is 0. The van der Waals surface area contributed by atoms with Crippen LogP contribution in [0.4, 0.5) is 60.5 Å². The Hall–Kier alpha value is -11.4. The van der Waals surface area contributed by atoms with E-state index in [1.807, 2.05) is 140 Å². The second-order valence-corrected chi connectivity index (χ2v) is 30.6. The molecule has 0 saturated heterocycles. The molecule has 1 aliphatic rings. The van der Waals surface area contributed by atoms with Gasteiger partial charge in [-0.05, 0) is 296 Å². The zero-order valence-electron chi connectivity index (χ0n) is 69.2. The van der Waals surface area contributed by atoms with E-state index in [9.17, 15) is 26.3 Å². The Morgan fingerprint density at radius 1 is 0.291 bits per heavy atom. The average Bonchev–Trinajstić information content (AvgIpc) is 1.69. The summed E-state index contributed by atoms with van der Waals surface area (Å²) in [6.07, 6.45) is 3.33. The van der Waals surface area contributed by atoms with Gasteiger partial charge in [0.05, 0.1) is 0 Å². The van der Waals surface area contributed by atoms with Crippen LogP contribution in [0.5, 0.6) is 34.5 Å². The number of nitrogens with two attached hydrogens (primary N) is 6. The third-order valence-electron chi connectivity index (χ3n) is 20.1. The van der Waals surface area contributed by atoms with Crippen molar-refractivity contribution in [1.82, 2.24) is 0 Å². The van der Waals surface area contributed by atoms with Gasteiger partial charge in [-0.3, -0.25) is 0 Å². The van der Waals surface area contributed by atoms with E-state index in [4.69, 9.17) is 74.4 Å². The van der Waals surface area contributed by atoms with Crippen molar-refractivity contribution in [3.8, 4) is 34.5 Å². The number of halogens is 8. The molecule has 20 heteroatoms. The molecule has 0 radical (unpaired) electrons. The molecule has 12 aromatic rings. The van der Waals surface area contributed by atoms with Gasteiger partial charge in [0.1, 0.15) is 109 Å². The van der Waals surface area contributed by atoms with E-state index >= 15 is 0 Å². The van der Waals surface area contributed by atoms with E-state index in [0.29, 0.717) is 140 Å². The SMILES string of the molecule is CCc1cccc(N)c1COc1cc(F)c(C)cc1C.Cc1cc(C)c(OCc2c(C)cccc2N)cc1F.Cc1cc(C)c(OCc2c(C)cccc2N)cc1F.Cc1cc(C)c(OCc2c(N)cccc2Br)cc1F.Cc1cc(C)c(OCc2c(N)cccc2C2CC2)cc1F.Cc1cc(C)c(OCc2c(N)cccc2Cl)cc1F.